The quantitative estimate of drug-likeness (QED) is 0.746. The average Bonchev–Trinajstić information content (AvgIpc) is 2.42. The number of anilines is 1. The van der Waals surface area contributed by atoms with Crippen LogP contribution in [0.1, 0.15) is 25.8 Å². The van der Waals surface area contributed by atoms with Crippen molar-refractivity contribution in [2.24, 2.45) is 5.92 Å². The maximum atomic E-state index is 12.0. The second kappa shape index (κ2) is 8.29. The molecular weight excluding hydrogens is 266 g/mol. The van der Waals surface area contributed by atoms with Crippen LogP contribution in [-0.4, -0.2) is 36.9 Å². The van der Waals surface area contributed by atoms with E-state index < -0.39 is 0 Å². The molecule has 5 heteroatoms. The molecule has 3 N–H and O–H groups in total. The van der Waals surface area contributed by atoms with Crippen LogP contribution in [0, 0.1) is 5.92 Å². The van der Waals surface area contributed by atoms with Crippen LogP contribution >= 0.6 is 0 Å². The molecule has 116 valence electrons. The van der Waals surface area contributed by atoms with E-state index in [0.29, 0.717) is 31.0 Å². The number of rotatable bonds is 7. The number of amides is 2. The molecule has 0 aliphatic heterocycles. The van der Waals surface area contributed by atoms with Crippen molar-refractivity contribution in [3.05, 3.63) is 29.8 Å². The summed E-state index contributed by atoms with van der Waals surface area (Å²) in [5.41, 5.74) is 7.42. The Balaban J connectivity index is 2.35. The molecule has 1 rings (SSSR count). The third-order valence-corrected chi connectivity index (χ3v) is 3.09. The van der Waals surface area contributed by atoms with E-state index in [4.69, 9.17) is 5.73 Å². The zero-order valence-corrected chi connectivity index (χ0v) is 13.1. The fourth-order valence-corrected chi connectivity index (χ4v) is 1.87. The summed E-state index contributed by atoms with van der Waals surface area (Å²) >= 11 is 0. The number of nitrogen functional groups attached to an aromatic ring is 1. The van der Waals surface area contributed by atoms with Crippen LogP contribution < -0.4 is 11.1 Å². The zero-order chi connectivity index (χ0) is 15.8. The molecule has 0 radical (unpaired) electrons. The van der Waals surface area contributed by atoms with Gasteiger partial charge in [-0.25, -0.2) is 0 Å². The topological polar surface area (TPSA) is 75.4 Å². The molecule has 0 unspecified atom stereocenters. The molecular formula is C16H25N3O2. The normalized spacial score (nSPS) is 10.5. The molecule has 2 amide bonds. The van der Waals surface area contributed by atoms with Crippen molar-refractivity contribution >= 4 is 17.5 Å². The predicted molar refractivity (Wildman–Crippen MR) is 84.7 cm³/mol. The number of nitrogens with two attached hydrogens (primary N) is 1. The summed E-state index contributed by atoms with van der Waals surface area (Å²) in [6.07, 6.45) is 0.999. The summed E-state index contributed by atoms with van der Waals surface area (Å²) in [5.74, 6) is 0.235. The molecule has 0 bridgehead atoms. The van der Waals surface area contributed by atoms with Crippen molar-refractivity contribution in [3.63, 3.8) is 0 Å². The van der Waals surface area contributed by atoms with E-state index in [9.17, 15) is 9.59 Å². The Morgan fingerprint density at radius 2 is 2.05 bits per heavy atom. The third-order valence-electron chi connectivity index (χ3n) is 3.09. The summed E-state index contributed by atoms with van der Waals surface area (Å²) in [5, 5.41) is 2.80. The van der Waals surface area contributed by atoms with Crippen LogP contribution in [0.2, 0.25) is 0 Å². The maximum absolute atomic E-state index is 12.0. The van der Waals surface area contributed by atoms with Gasteiger partial charge in [0.15, 0.2) is 0 Å². The van der Waals surface area contributed by atoms with E-state index >= 15 is 0 Å². The van der Waals surface area contributed by atoms with Crippen molar-refractivity contribution in [3.8, 4) is 0 Å². The lowest BCUT2D eigenvalue weighted by Crippen LogP contribution is -2.39. The molecule has 1 aromatic carbocycles. The highest BCUT2D eigenvalue weighted by molar-refractivity contribution is 5.84. The van der Waals surface area contributed by atoms with Gasteiger partial charge in [0.05, 0.1) is 6.54 Å². The van der Waals surface area contributed by atoms with Gasteiger partial charge in [-0.05, 0) is 30.0 Å². The Morgan fingerprint density at radius 3 is 2.67 bits per heavy atom. The summed E-state index contributed by atoms with van der Waals surface area (Å²) in [4.78, 5) is 25.1. The fraction of sp³-hybridized carbons (Fsp3) is 0.500. The van der Waals surface area contributed by atoms with E-state index in [0.717, 1.165) is 5.56 Å². The maximum Gasteiger partial charge on any atom is 0.239 e. The van der Waals surface area contributed by atoms with Crippen LogP contribution in [0.25, 0.3) is 0 Å². The summed E-state index contributed by atoms with van der Waals surface area (Å²) in [7, 11) is 1.65. The minimum atomic E-state index is -0.122. The highest BCUT2D eigenvalue weighted by atomic mass is 16.2. The monoisotopic (exact) mass is 291 g/mol. The SMILES string of the molecule is CC(C)CNC(=O)CN(C)C(=O)CCc1cccc(N)c1. The van der Waals surface area contributed by atoms with Crippen LogP contribution in [-0.2, 0) is 16.0 Å². The number of carbonyl (C=O) groups is 2. The molecule has 0 saturated heterocycles. The molecule has 0 saturated carbocycles. The third kappa shape index (κ3) is 6.79. The van der Waals surface area contributed by atoms with Crippen molar-refractivity contribution in [2.75, 3.05) is 25.9 Å². The summed E-state index contributed by atoms with van der Waals surface area (Å²) in [6, 6.07) is 7.50. The molecule has 0 aliphatic rings. The number of nitrogens with zero attached hydrogens (tertiary/aromatic N) is 1. The van der Waals surface area contributed by atoms with Gasteiger partial charge in [-0.15, -0.1) is 0 Å². The standard InChI is InChI=1S/C16H25N3O2/c1-12(2)10-18-15(20)11-19(3)16(21)8-7-13-5-4-6-14(17)9-13/h4-6,9,12H,7-8,10-11,17H2,1-3H3,(H,18,20). The van der Waals surface area contributed by atoms with Crippen LogP contribution in [0.15, 0.2) is 24.3 Å². The first-order valence-electron chi connectivity index (χ1n) is 7.23. The minimum absolute atomic E-state index is 0.0443. The zero-order valence-electron chi connectivity index (χ0n) is 13.1. The Kier molecular flexibility index (Phi) is 6.72. The van der Waals surface area contributed by atoms with E-state index in [1.165, 1.54) is 4.90 Å². The highest BCUT2D eigenvalue weighted by Crippen LogP contribution is 2.09. The summed E-state index contributed by atoms with van der Waals surface area (Å²) in [6.45, 7) is 4.79. The van der Waals surface area contributed by atoms with Crippen LogP contribution in [0.5, 0.6) is 0 Å². The second-order valence-electron chi connectivity index (χ2n) is 5.69. The van der Waals surface area contributed by atoms with Crippen molar-refractivity contribution in [1.29, 1.82) is 0 Å². The summed E-state index contributed by atoms with van der Waals surface area (Å²) < 4.78 is 0. The van der Waals surface area contributed by atoms with Gasteiger partial charge in [-0.3, -0.25) is 9.59 Å². The molecule has 0 aliphatic carbocycles. The van der Waals surface area contributed by atoms with E-state index in [2.05, 4.69) is 5.32 Å². The number of nitrogens with one attached hydrogen (secondary N) is 1. The first-order chi connectivity index (χ1) is 9.88. The molecule has 0 aromatic heterocycles. The van der Waals surface area contributed by atoms with E-state index in [1.54, 1.807) is 7.05 Å². The number of aryl methyl sites for hydroxylation is 1. The lowest BCUT2D eigenvalue weighted by molar-refractivity contribution is -0.134. The van der Waals surface area contributed by atoms with Gasteiger partial charge in [-0.2, -0.15) is 0 Å². The van der Waals surface area contributed by atoms with Crippen molar-refractivity contribution in [1.82, 2.24) is 10.2 Å². The predicted octanol–water partition coefficient (Wildman–Crippen LogP) is 1.43. The van der Waals surface area contributed by atoms with Crippen molar-refractivity contribution in [2.45, 2.75) is 26.7 Å². The molecule has 0 atom stereocenters. The molecule has 0 spiro atoms. The molecule has 5 nitrogen and oxygen atoms in total. The lowest BCUT2D eigenvalue weighted by Gasteiger charge is -2.17. The minimum Gasteiger partial charge on any atom is -0.399 e. The molecule has 0 fully saturated rings. The largest absolute Gasteiger partial charge is 0.399 e. The first kappa shape index (κ1) is 17.0. The fourth-order valence-electron chi connectivity index (χ4n) is 1.87. The van der Waals surface area contributed by atoms with E-state index in [-0.39, 0.29) is 18.4 Å². The Morgan fingerprint density at radius 1 is 1.33 bits per heavy atom. The number of benzene rings is 1. The number of hydrogen-bond donors (Lipinski definition) is 2. The molecule has 1 aromatic rings. The number of likely N-dealkylation sites (N-methyl/N-ethyl adjacent to an activating group) is 1. The van der Waals surface area contributed by atoms with Gasteiger partial charge >= 0.3 is 0 Å². The Labute approximate surface area is 126 Å². The number of hydrogen-bond acceptors (Lipinski definition) is 3. The van der Waals surface area contributed by atoms with Crippen LogP contribution in [0.3, 0.4) is 0 Å². The highest BCUT2D eigenvalue weighted by Gasteiger charge is 2.13. The molecule has 0 heterocycles. The Bertz CT molecular complexity index is 486. The van der Waals surface area contributed by atoms with Gasteiger partial charge in [-0.1, -0.05) is 26.0 Å². The molecule has 21 heavy (non-hydrogen) atoms. The Hall–Kier alpha value is -2.04. The van der Waals surface area contributed by atoms with Gasteiger partial charge in [0.25, 0.3) is 0 Å². The first-order valence-corrected chi connectivity index (χ1v) is 7.23. The van der Waals surface area contributed by atoms with Gasteiger partial charge in [0.1, 0.15) is 0 Å². The van der Waals surface area contributed by atoms with E-state index in [1.807, 2.05) is 38.1 Å². The van der Waals surface area contributed by atoms with Gasteiger partial charge in [0.2, 0.25) is 11.8 Å². The lowest BCUT2D eigenvalue weighted by atomic mass is 10.1. The average molecular weight is 291 g/mol. The van der Waals surface area contributed by atoms with Crippen molar-refractivity contribution < 1.29 is 9.59 Å². The number of carbonyl (C=O) groups excluding carboxylic acids is 2. The van der Waals surface area contributed by atoms with Gasteiger partial charge in [0, 0.05) is 25.7 Å². The van der Waals surface area contributed by atoms with Crippen LogP contribution in [0.4, 0.5) is 5.69 Å². The second-order valence-corrected chi connectivity index (χ2v) is 5.69. The van der Waals surface area contributed by atoms with Gasteiger partial charge < -0.3 is 16.0 Å². The smallest absolute Gasteiger partial charge is 0.239 e.